The van der Waals surface area contributed by atoms with E-state index in [0.29, 0.717) is 16.4 Å². The van der Waals surface area contributed by atoms with Crippen LogP contribution in [0.1, 0.15) is 11.1 Å². The molecule has 33 heavy (non-hydrogen) atoms. The zero-order chi connectivity index (χ0) is 23.6. The summed E-state index contributed by atoms with van der Waals surface area (Å²) in [5.74, 6) is 0.288. The normalized spacial score (nSPS) is 11.8. The first-order chi connectivity index (χ1) is 15.8. The van der Waals surface area contributed by atoms with Crippen LogP contribution in [0.15, 0.2) is 87.5 Å². The molecule has 0 N–H and O–H groups in total. The fourth-order valence-corrected chi connectivity index (χ4v) is 4.31. The van der Waals surface area contributed by atoms with Crippen LogP contribution in [-0.2, 0) is 9.84 Å². The number of ether oxygens (including phenoxy) is 1. The quantitative estimate of drug-likeness (QED) is 0.383. The van der Waals surface area contributed by atoms with E-state index in [1.54, 1.807) is 36.4 Å². The second kappa shape index (κ2) is 8.90. The molecule has 0 unspecified atom stereocenters. The molecule has 0 bridgehead atoms. The Balaban J connectivity index is 1.92. The van der Waals surface area contributed by atoms with Crippen molar-refractivity contribution in [1.29, 1.82) is 5.26 Å². The van der Waals surface area contributed by atoms with Gasteiger partial charge >= 0.3 is 0 Å². The zero-order valence-corrected chi connectivity index (χ0v) is 18.8. The van der Waals surface area contributed by atoms with Crippen molar-refractivity contribution in [3.05, 3.63) is 104 Å². The molecule has 0 radical (unpaired) electrons. The smallest absolute Gasteiger partial charge is 0.269 e. The third-order valence-corrected chi connectivity index (χ3v) is 6.70. The molecule has 2 heterocycles. The largest absolute Gasteiger partial charge is 0.438 e. The monoisotopic (exact) mass is 477 g/mol. The molecule has 2 aromatic heterocycles. The molecule has 7 nitrogen and oxygen atoms in total. The van der Waals surface area contributed by atoms with Crippen molar-refractivity contribution in [2.24, 2.45) is 0 Å². The van der Waals surface area contributed by atoms with Gasteiger partial charge in [0.15, 0.2) is 0 Å². The van der Waals surface area contributed by atoms with Gasteiger partial charge in [0.25, 0.3) is 5.56 Å². The molecule has 0 atom stereocenters. The number of rotatable bonds is 5. The van der Waals surface area contributed by atoms with Gasteiger partial charge < -0.3 is 4.74 Å². The fraction of sp³-hybridized carbons (Fsp3) is 0.0417. The van der Waals surface area contributed by atoms with Gasteiger partial charge in [-0.3, -0.25) is 9.20 Å². The van der Waals surface area contributed by atoms with Crippen LogP contribution in [0, 0.1) is 18.3 Å². The van der Waals surface area contributed by atoms with Gasteiger partial charge in [0.05, 0.1) is 4.90 Å². The van der Waals surface area contributed by atoms with E-state index in [9.17, 15) is 18.5 Å². The molecular formula is C24H16ClN3O4S. The summed E-state index contributed by atoms with van der Waals surface area (Å²) in [6.45, 7) is 1.92. The first kappa shape index (κ1) is 22.3. The summed E-state index contributed by atoms with van der Waals surface area (Å²) in [5, 5.41) is 10.0. The number of pyridine rings is 1. The number of sulfone groups is 1. The van der Waals surface area contributed by atoms with Crippen molar-refractivity contribution in [1.82, 2.24) is 9.38 Å². The first-order valence-corrected chi connectivity index (χ1v) is 11.5. The maximum Gasteiger partial charge on any atom is 0.269 e. The SMILES string of the molecule is Cc1ccc(Oc2nc3ccccn3c(=O)c2C=C(C#N)S(=O)(=O)c2ccc(Cl)cc2)cc1. The van der Waals surface area contributed by atoms with Crippen LogP contribution < -0.4 is 10.3 Å². The lowest BCUT2D eigenvalue weighted by atomic mass is 10.2. The number of aromatic nitrogens is 2. The Labute approximate surface area is 194 Å². The molecule has 0 amide bonds. The Bertz CT molecular complexity index is 1580. The van der Waals surface area contributed by atoms with Crippen molar-refractivity contribution in [2.75, 3.05) is 0 Å². The Kier molecular flexibility index (Phi) is 6.01. The third kappa shape index (κ3) is 4.51. The van der Waals surface area contributed by atoms with Gasteiger partial charge in [-0.25, -0.2) is 8.42 Å². The number of fused-ring (bicyclic) bond motifs is 1. The summed E-state index contributed by atoms with van der Waals surface area (Å²) in [5.41, 5.74) is 0.561. The molecule has 0 saturated heterocycles. The van der Waals surface area contributed by atoms with Crippen LogP contribution in [0.5, 0.6) is 11.6 Å². The molecule has 2 aromatic carbocycles. The molecule has 4 rings (SSSR count). The Morgan fingerprint density at radius 2 is 1.79 bits per heavy atom. The van der Waals surface area contributed by atoms with Crippen molar-refractivity contribution < 1.29 is 13.2 Å². The van der Waals surface area contributed by atoms with Crippen molar-refractivity contribution in [2.45, 2.75) is 11.8 Å². The number of hydrogen-bond donors (Lipinski definition) is 0. The van der Waals surface area contributed by atoms with E-state index in [2.05, 4.69) is 4.98 Å². The Hall–Kier alpha value is -3.93. The number of nitriles is 1. The average Bonchev–Trinajstić information content (AvgIpc) is 2.80. The highest BCUT2D eigenvalue weighted by molar-refractivity contribution is 7.95. The molecule has 0 aliphatic rings. The van der Waals surface area contributed by atoms with Crippen molar-refractivity contribution in [3.63, 3.8) is 0 Å². The van der Waals surface area contributed by atoms with Gasteiger partial charge in [-0.1, -0.05) is 35.4 Å². The topological polar surface area (TPSA) is 102 Å². The molecule has 0 saturated carbocycles. The molecule has 0 fully saturated rings. The number of benzene rings is 2. The van der Waals surface area contributed by atoms with E-state index < -0.39 is 20.3 Å². The number of halogens is 1. The van der Waals surface area contributed by atoms with Gasteiger partial charge in [0.2, 0.25) is 15.7 Å². The predicted molar refractivity (Wildman–Crippen MR) is 125 cm³/mol. The number of nitrogens with zero attached hydrogens (tertiary/aromatic N) is 3. The molecule has 0 aliphatic heterocycles. The average molecular weight is 478 g/mol. The van der Waals surface area contributed by atoms with E-state index in [-0.39, 0.29) is 16.3 Å². The molecular weight excluding hydrogens is 462 g/mol. The van der Waals surface area contributed by atoms with Crippen LogP contribution >= 0.6 is 11.6 Å². The van der Waals surface area contributed by atoms with Gasteiger partial charge in [0.1, 0.15) is 27.9 Å². The molecule has 0 aliphatic carbocycles. The van der Waals surface area contributed by atoms with Crippen molar-refractivity contribution in [3.8, 4) is 17.7 Å². The summed E-state index contributed by atoms with van der Waals surface area (Å²) in [6, 6.07) is 19.1. The molecule has 0 spiro atoms. The van der Waals surface area contributed by atoms with Crippen LogP contribution in [0.3, 0.4) is 0 Å². The van der Waals surface area contributed by atoms with Crippen LogP contribution in [0.25, 0.3) is 11.7 Å². The summed E-state index contributed by atoms with van der Waals surface area (Å²) in [7, 11) is -4.22. The fourth-order valence-electron chi connectivity index (χ4n) is 3.04. The van der Waals surface area contributed by atoms with Gasteiger partial charge in [-0.15, -0.1) is 0 Å². The second-order valence-electron chi connectivity index (χ2n) is 7.06. The van der Waals surface area contributed by atoms with E-state index in [1.807, 2.05) is 19.1 Å². The Morgan fingerprint density at radius 1 is 1.09 bits per heavy atom. The minimum atomic E-state index is -4.22. The van der Waals surface area contributed by atoms with E-state index in [4.69, 9.17) is 16.3 Å². The van der Waals surface area contributed by atoms with Gasteiger partial charge in [0, 0.05) is 11.2 Å². The van der Waals surface area contributed by atoms with E-state index in [1.165, 1.54) is 34.9 Å². The predicted octanol–water partition coefficient (Wildman–Crippen LogP) is 4.79. The molecule has 4 aromatic rings. The minimum Gasteiger partial charge on any atom is -0.438 e. The summed E-state index contributed by atoms with van der Waals surface area (Å²) < 4.78 is 33.2. The highest BCUT2D eigenvalue weighted by Crippen LogP contribution is 2.27. The number of allylic oxidation sites excluding steroid dienone is 1. The number of hydrogen-bond acceptors (Lipinski definition) is 6. The summed E-state index contributed by atoms with van der Waals surface area (Å²) >= 11 is 5.85. The van der Waals surface area contributed by atoms with E-state index in [0.717, 1.165) is 11.6 Å². The highest BCUT2D eigenvalue weighted by atomic mass is 35.5. The van der Waals surface area contributed by atoms with Crippen LogP contribution in [-0.4, -0.2) is 17.8 Å². The maximum absolute atomic E-state index is 13.2. The summed E-state index contributed by atoms with van der Waals surface area (Å²) in [6.07, 6.45) is 2.49. The lowest BCUT2D eigenvalue weighted by Gasteiger charge is -2.11. The zero-order valence-electron chi connectivity index (χ0n) is 17.3. The standard InChI is InChI=1S/C24H16ClN3O4S/c1-16-5-9-18(10-6-16)32-23-21(24(29)28-13-3-2-4-22(28)27-23)14-20(15-26)33(30,31)19-11-7-17(25)8-12-19/h2-14H,1H3. The van der Waals surface area contributed by atoms with E-state index >= 15 is 0 Å². The second-order valence-corrected chi connectivity index (χ2v) is 9.41. The minimum absolute atomic E-state index is 0.117. The lowest BCUT2D eigenvalue weighted by molar-refractivity contribution is 0.461. The van der Waals surface area contributed by atoms with Gasteiger partial charge in [-0.2, -0.15) is 10.2 Å². The number of aryl methyl sites for hydroxylation is 1. The van der Waals surface area contributed by atoms with Crippen LogP contribution in [0.2, 0.25) is 5.02 Å². The first-order valence-electron chi connectivity index (χ1n) is 9.68. The molecule has 9 heteroatoms. The summed E-state index contributed by atoms with van der Waals surface area (Å²) in [4.78, 5) is 16.9. The highest BCUT2D eigenvalue weighted by Gasteiger charge is 2.23. The van der Waals surface area contributed by atoms with Crippen molar-refractivity contribution >= 4 is 33.2 Å². The maximum atomic E-state index is 13.2. The molecule has 164 valence electrons. The third-order valence-electron chi connectivity index (χ3n) is 4.77. The Morgan fingerprint density at radius 3 is 2.45 bits per heavy atom. The van der Waals surface area contributed by atoms with Gasteiger partial charge in [-0.05, 0) is 61.5 Å². The lowest BCUT2D eigenvalue weighted by Crippen LogP contribution is -2.19. The van der Waals surface area contributed by atoms with Crippen LogP contribution in [0.4, 0.5) is 0 Å².